The zero-order valence-corrected chi connectivity index (χ0v) is 9.17. The molecule has 0 aliphatic heterocycles. The third-order valence-electron chi connectivity index (χ3n) is 2.55. The van der Waals surface area contributed by atoms with Crippen LogP contribution in [-0.2, 0) is 16.0 Å². The molecule has 15 heavy (non-hydrogen) atoms. The van der Waals surface area contributed by atoms with E-state index in [1.165, 1.54) is 12.7 Å². The van der Waals surface area contributed by atoms with Crippen molar-refractivity contribution in [3.63, 3.8) is 0 Å². The van der Waals surface area contributed by atoms with Crippen LogP contribution in [0.3, 0.4) is 0 Å². The highest BCUT2D eigenvalue weighted by Crippen LogP contribution is 2.26. The predicted molar refractivity (Wildman–Crippen MR) is 59.8 cm³/mol. The Labute approximate surface area is 93.5 Å². The van der Waals surface area contributed by atoms with Crippen LogP contribution in [-0.4, -0.2) is 13.1 Å². The molecule has 0 spiro atoms. The highest BCUT2D eigenvalue weighted by molar-refractivity contribution is 6.30. The third-order valence-corrected chi connectivity index (χ3v) is 2.78. The fraction of sp³-hybridized carbons (Fsp3) is 0.250. The fourth-order valence-corrected chi connectivity index (χ4v) is 1.95. The second kappa shape index (κ2) is 4.07. The van der Waals surface area contributed by atoms with Gasteiger partial charge < -0.3 is 4.74 Å². The minimum absolute atomic E-state index is 0.240. The van der Waals surface area contributed by atoms with Gasteiger partial charge in [-0.05, 0) is 42.2 Å². The monoisotopic (exact) mass is 222 g/mol. The minimum Gasteiger partial charge on any atom is -0.466 e. The molecule has 0 saturated carbocycles. The number of rotatable bonds is 1. The number of esters is 1. The Morgan fingerprint density at radius 1 is 1.40 bits per heavy atom. The SMILES string of the molecule is COC(=O)C1=Cc2ccc(Cl)cc2CC1. The predicted octanol–water partition coefficient (Wildman–Crippen LogP) is 2.84. The largest absolute Gasteiger partial charge is 0.466 e. The van der Waals surface area contributed by atoms with Gasteiger partial charge in [0.2, 0.25) is 0 Å². The summed E-state index contributed by atoms with van der Waals surface area (Å²) < 4.78 is 4.70. The average Bonchev–Trinajstić information content (AvgIpc) is 2.27. The number of carbonyl (C=O) groups is 1. The first-order valence-electron chi connectivity index (χ1n) is 4.78. The smallest absolute Gasteiger partial charge is 0.333 e. The first-order chi connectivity index (χ1) is 7.20. The van der Waals surface area contributed by atoms with E-state index in [2.05, 4.69) is 0 Å². The molecule has 0 N–H and O–H groups in total. The number of hydrogen-bond donors (Lipinski definition) is 0. The van der Waals surface area contributed by atoms with Crippen LogP contribution < -0.4 is 0 Å². The van der Waals surface area contributed by atoms with Crippen LogP contribution in [0.5, 0.6) is 0 Å². The van der Waals surface area contributed by atoms with Crippen molar-refractivity contribution < 1.29 is 9.53 Å². The average molecular weight is 223 g/mol. The topological polar surface area (TPSA) is 26.3 Å². The lowest BCUT2D eigenvalue weighted by molar-refractivity contribution is -0.136. The Hall–Kier alpha value is -1.28. The van der Waals surface area contributed by atoms with Crippen LogP contribution >= 0.6 is 11.6 Å². The summed E-state index contributed by atoms with van der Waals surface area (Å²) in [5.74, 6) is -0.240. The summed E-state index contributed by atoms with van der Waals surface area (Å²) in [7, 11) is 1.40. The molecule has 0 heterocycles. The van der Waals surface area contributed by atoms with Crippen molar-refractivity contribution in [2.24, 2.45) is 0 Å². The zero-order valence-electron chi connectivity index (χ0n) is 8.42. The number of carbonyl (C=O) groups excluding carboxylic acids is 1. The van der Waals surface area contributed by atoms with Crippen molar-refractivity contribution in [2.75, 3.05) is 7.11 Å². The number of fused-ring (bicyclic) bond motifs is 1. The summed E-state index contributed by atoms with van der Waals surface area (Å²) in [6.45, 7) is 0. The van der Waals surface area contributed by atoms with Crippen LogP contribution in [0.4, 0.5) is 0 Å². The number of halogens is 1. The fourth-order valence-electron chi connectivity index (χ4n) is 1.75. The van der Waals surface area contributed by atoms with Gasteiger partial charge in [-0.3, -0.25) is 0 Å². The van der Waals surface area contributed by atoms with Crippen molar-refractivity contribution >= 4 is 23.6 Å². The maximum absolute atomic E-state index is 11.3. The normalized spacial score (nSPS) is 14.1. The van der Waals surface area contributed by atoms with E-state index < -0.39 is 0 Å². The molecule has 0 fully saturated rings. The molecule has 78 valence electrons. The first kappa shape index (κ1) is 10.2. The van der Waals surface area contributed by atoms with Gasteiger partial charge in [-0.25, -0.2) is 4.79 Å². The van der Waals surface area contributed by atoms with Gasteiger partial charge in [0.15, 0.2) is 0 Å². The molecule has 3 heteroatoms. The second-order valence-corrected chi connectivity index (χ2v) is 3.94. The molecule has 2 nitrogen and oxygen atoms in total. The zero-order chi connectivity index (χ0) is 10.8. The van der Waals surface area contributed by atoms with Gasteiger partial charge in [-0.1, -0.05) is 17.7 Å². The molecule has 1 aliphatic carbocycles. The number of aryl methyl sites for hydroxylation is 1. The van der Waals surface area contributed by atoms with Crippen LogP contribution in [0.2, 0.25) is 5.02 Å². The highest BCUT2D eigenvalue weighted by Gasteiger charge is 2.16. The molecule has 0 saturated heterocycles. The van der Waals surface area contributed by atoms with Crippen molar-refractivity contribution in [1.29, 1.82) is 0 Å². The maximum Gasteiger partial charge on any atom is 0.333 e. The van der Waals surface area contributed by atoms with E-state index in [1.54, 1.807) is 0 Å². The van der Waals surface area contributed by atoms with Gasteiger partial charge in [0.1, 0.15) is 0 Å². The van der Waals surface area contributed by atoms with Crippen LogP contribution in [0.25, 0.3) is 6.08 Å². The van der Waals surface area contributed by atoms with E-state index in [4.69, 9.17) is 16.3 Å². The number of ether oxygens (including phenoxy) is 1. The van der Waals surface area contributed by atoms with E-state index in [0.29, 0.717) is 0 Å². The molecule has 0 bridgehead atoms. The minimum atomic E-state index is -0.240. The number of hydrogen-bond acceptors (Lipinski definition) is 2. The van der Waals surface area contributed by atoms with Gasteiger partial charge in [0.05, 0.1) is 7.11 Å². The molecule has 1 aliphatic rings. The van der Waals surface area contributed by atoms with Crippen molar-refractivity contribution in [1.82, 2.24) is 0 Å². The quantitative estimate of drug-likeness (QED) is 0.683. The van der Waals surface area contributed by atoms with E-state index in [1.807, 2.05) is 24.3 Å². The lowest BCUT2D eigenvalue weighted by Gasteiger charge is -2.14. The van der Waals surface area contributed by atoms with Gasteiger partial charge in [0.25, 0.3) is 0 Å². The number of benzene rings is 1. The van der Waals surface area contributed by atoms with Gasteiger partial charge in [-0.2, -0.15) is 0 Å². The summed E-state index contributed by atoms with van der Waals surface area (Å²) in [4.78, 5) is 11.3. The Bertz CT molecular complexity index is 435. The van der Waals surface area contributed by atoms with Crippen LogP contribution in [0, 0.1) is 0 Å². The van der Waals surface area contributed by atoms with Crippen LogP contribution in [0.15, 0.2) is 23.8 Å². The van der Waals surface area contributed by atoms with Crippen molar-refractivity contribution in [2.45, 2.75) is 12.8 Å². The highest BCUT2D eigenvalue weighted by atomic mass is 35.5. The lowest BCUT2D eigenvalue weighted by atomic mass is 9.92. The number of methoxy groups -OCH3 is 1. The molecule has 0 aromatic heterocycles. The lowest BCUT2D eigenvalue weighted by Crippen LogP contribution is -2.09. The van der Waals surface area contributed by atoms with Crippen molar-refractivity contribution in [3.05, 3.63) is 39.9 Å². The molecule has 0 amide bonds. The second-order valence-electron chi connectivity index (χ2n) is 3.50. The Kier molecular flexibility index (Phi) is 2.78. The summed E-state index contributed by atoms with van der Waals surface area (Å²) in [6, 6.07) is 5.71. The summed E-state index contributed by atoms with van der Waals surface area (Å²) in [6.07, 6.45) is 3.44. The molecular formula is C12H11ClO2. The molecule has 1 aromatic rings. The third kappa shape index (κ3) is 2.05. The first-order valence-corrected chi connectivity index (χ1v) is 5.16. The maximum atomic E-state index is 11.3. The molecule has 0 radical (unpaired) electrons. The summed E-state index contributed by atoms with van der Waals surface area (Å²) in [5, 5.41) is 0.740. The molecule has 2 rings (SSSR count). The van der Waals surface area contributed by atoms with Gasteiger partial charge in [-0.15, -0.1) is 0 Å². The van der Waals surface area contributed by atoms with Gasteiger partial charge >= 0.3 is 5.97 Å². The van der Waals surface area contributed by atoms with E-state index >= 15 is 0 Å². The van der Waals surface area contributed by atoms with E-state index in [-0.39, 0.29) is 5.97 Å². The van der Waals surface area contributed by atoms with Gasteiger partial charge in [0, 0.05) is 10.6 Å². The summed E-state index contributed by atoms with van der Waals surface area (Å²) >= 11 is 5.89. The molecule has 1 aromatic carbocycles. The molecule has 0 atom stereocenters. The standard InChI is InChI=1S/C12H11ClO2/c1-15-12(14)10-3-2-9-7-11(13)5-4-8(9)6-10/h4-7H,2-3H2,1H3. The van der Waals surface area contributed by atoms with E-state index in [0.717, 1.165) is 29.0 Å². The Morgan fingerprint density at radius 3 is 2.93 bits per heavy atom. The molecule has 0 unspecified atom stereocenters. The Morgan fingerprint density at radius 2 is 2.20 bits per heavy atom. The summed E-state index contributed by atoms with van der Waals surface area (Å²) in [5.41, 5.74) is 2.98. The van der Waals surface area contributed by atoms with Crippen LogP contribution in [0.1, 0.15) is 17.5 Å². The molecular weight excluding hydrogens is 212 g/mol. The van der Waals surface area contributed by atoms with Crippen molar-refractivity contribution in [3.8, 4) is 0 Å². The Balaban J connectivity index is 2.37. The van der Waals surface area contributed by atoms with E-state index in [9.17, 15) is 4.79 Å².